The van der Waals surface area contributed by atoms with Crippen LogP contribution >= 0.6 is 0 Å². The molecule has 0 nitrogen and oxygen atoms in total. The minimum atomic E-state index is 0.773. The van der Waals surface area contributed by atoms with Crippen LogP contribution in [0.4, 0.5) is 0 Å². The van der Waals surface area contributed by atoms with Gasteiger partial charge in [-0.1, -0.05) is 37.0 Å². The van der Waals surface area contributed by atoms with E-state index < -0.39 is 0 Å². The molecule has 0 amide bonds. The van der Waals surface area contributed by atoms with Crippen molar-refractivity contribution in [2.24, 2.45) is 5.92 Å². The average molecular weight is 232 g/mol. The molecule has 0 heterocycles. The van der Waals surface area contributed by atoms with Gasteiger partial charge < -0.3 is 0 Å². The van der Waals surface area contributed by atoms with Gasteiger partial charge in [-0.2, -0.15) is 0 Å². The Bertz CT molecular complexity index is 342. The molecule has 0 N–H and O–H groups in total. The molecule has 0 bridgehead atoms. The summed E-state index contributed by atoms with van der Waals surface area (Å²) in [7, 11) is 0. The van der Waals surface area contributed by atoms with Crippen LogP contribution < -0.4 is 0 Å². The topological polar surface area (TPSA) is 0 Å². The smallest absolute Gasteiger partial charge is 0.0157 e. The Morgan fingerprint density at radius 2 is 1.35 bits per heavy atom. The first kappa shape index (κ1) is 14.3. The van der Waals surface area contributed by atoms with E-state index in [0.29, 0.717) is 0 Å². The minimum absolute atomic E-state index is 0.773. The maximum absolute atomic E-state index is 4.13. The molecule has 1 aliphatic carbocycles. The third-order valence-corrected chi connectivity index (χ3v) is 4.21. The molecule has 1 saturated carbocycles. The fourth-order valence-electron chi connectivity index (χ4n) is 2.78. The number of rotatable bonds is 3. The van der Waals surface area contributed by atoms with Gasteiger partial charge in [-0.25, -0.2) is 0 Å². The first-order valence-electron chi connectivity index (χ1n) is 6.96. The highest BCUT2D eigenvalue weighted by molar-refractivity contribution is 5.44. The lowest BCUT2D eigenvalue weighted by molar-refractivity contribution is 0.403. The van der Waals surface area contributed by atoms with Crippen LogP contribution in [0.2, 0.25) is 0 Å². The van der Waals surface area contributed by atoms with Crippen molar-refractivity contribution in [1.29, 1.82) is 0 Å². The van der Waals surface area contributed by atoms with Gasteiger partial charge in [0.05, 0.1) is 0 Å². The molecule has 0 aromatic heterocycles. The van der Waals surface area contributed by atoms with Gasteiger partial charge in [0.15, 0.2) is 0 Å². The summed E-state index contributed by atoms with van der Waals surface area (Å²) in [4.78, 5) is 0. The zero-order chi connectivity index (χ0) is 13.0. The molecule has 17 heavy (non-hydrogen) atoms. The van der Waals surface area contributed by atoms with Crippen molar-refractivity contribution in [3.05, 3.63) is 34.4 Å². The van der Waals surface area contributed by atoms with Gasteiger partial charge >= 0.3 is 0 Å². The molecule has 0 unspecified atom stereocenters. The van der Waals surface area contributed by atoms with Crippen molar-refractivity contribution in [3.63, 3.8) is 0 Å². The Hall–Kier alpha value is -0.780. The lowest BCUT2D eigenvalue weighted by atomic mass is 9.77. The summed E-state index contributed by atoms with van der Waals surface area (Å²) >= 11 is 0. The van der Waals surface area contributed by atoms with E-state index in [2.05, 4.69) is 41.2 Å². The third kappa shape index (κ3) is 3.59. The highest BCUT2D eigenvalue weighted by Gasteiger charge is 2.21. The lowest BCUT2D eigenvalue weighted by Gasteiger charge is -2.28. The Labute approximate surface area is 108 Å². The minimum Gasteiger partial charge on any atom is -0.0958 e. The molecular formula is C17H28. The predicted molar refractivity (Wildman–Crippen MR) is 78.1 cm³/mol. The second kappa shape index (κ2) is 6.23. The Morgan fingerprint density at radius 3 is 1.76 bits per heavy atom. The molecule has 0 aromatic rings. The summed E-state index contributed by atoms with van der Waals surface area (Å²) < 4.78 is 0. The summed E-state index contributed by atoms with van der Waals surface area (Å²) in [5.74, 6) is 0.773. The molecule has 0 spiro atoms. The summed E-state index contributed by atoms with van der Waals surface area (Å²) in [6.07, 6.45) is 6.94. The van der Waals surface area contributed by atoms with Gasteiger partial charge in [-0.15, -0.1) is 0 Å². The number of hydrogen-bond acceptors (Lipinski definition) is 0. The molecular weight excluding hydrogens is 204 g/mol. The molecule has 0 saturated heterocycles. The molecule has 1 aliphatic rings. The first-order chi connectivity index (χ1) is 7.95. The maximum atomic E-state index is 4.13. The molecule has 1 rings (SSSR count). The zero-order valence-electron chi connectivity index (χ0n) is 12.3. The molecule has 0 heteroatoms. The fourth-order valence-corrected chi connectivity index (χ4v) is 2.78. The largest absolute Gasteiger partial charge is 0.0958 e. The van der Waals surface area contributed by atoms with Crippen LogP contribution in [-0.2, 0) is 0 Å². The molecule has 1 fully saturated rings. The van der Waals surface area contributed by atoms with E-state index in [9.17, 15) is 0 Å². The molecule has 96 valence electrons. The van der Waals surface area contributed by atoms with E-state index in [1.54, 1.807) is 5.57 Å². The van der Waals surface area contributed by atoms with Crippen LogP contribution in [0.3, 0.4) is 0 Å². The molecule has 0 aliphatic heterocycles. The fraction of sp³-hybridized carbons (Fsp3) is 0.647. The zero-order valence-corrected chi connectivity index (χ0v) is 12.3. The van der Waals surface area contributed by atoms with Crippen LogP contribution in [0.25, 0.3) is 0 Å². The molecule has 0 aromatic carbocycles. The van der Waals surface area contributed by atoms with Crippen molar-refractivity contribution in [2.45, 2.75) is 66.7 Å². The SMILES string of the molecule is C=C(C)C(C)=C(C(C)=C(C)C)C1CCCCC1. The summed E-state index contributed by atoms with van der Waals surface area (Å²) in [6.45, 7) is 15.3. The van der Waals surface area contributed by atoms with Crippen molar-refractivity contribution in [3.8, 4) is 0 Å². The second-order valence-corrected chi connectivity index (χ2v) is 5.78. The second-order valence-electron chi connectivity index (χ2n) is 5.78. The summed E-state index contributed by atoms with van der Waals surface area (Å²) in [5, 5.41) is 0. The van der Waals surface area contributed by atoms with Crippen LogP contribution in [-0.4, -0.2) is 0 Å². The normalized spacial score (nSPS) is 18.6. The van der Waals surface area contributed by atoms with Crippen molar-refractivity contribution in [2.75, 3.05) is 0 Å². The van der Waals surface area contributed by atoms with Gasteiger partial charge in [0.2, 0.25) is 0 Å². The van der Waals surface area contributed by atoms with Gasteiger partial charge in [-0.3, -0.25) is 0 Å². The van der Waals surface area contributed by atoms with E-state index in [-0.39, 0.29) is 0 Å². The Kier molecular flexibility index (Phi) is 5.24. The van der Waals surface area contributed by atoms with Crippen LogP contribution in [0.15, 0.2) is 34.4 Å². The van der Waals surface area contributed by atoms with E-state index >= 15 is 0 Å². The standard InChI is InChI=1S/C17H28/c1-12(2)14(5)17(15(6)13(3)4)16-10-8-7-9-11-16/h16H,1,7-11H2,2-6H3. The van der Waals surface area contributed by atoms with E-state index in [4.69, 9.17) is 0 Å². The summed E-state index contributed by atoms with van der Waals surface area (Å²) in [6, 6.07) is 0. The number of allylic oxidation sites excluding steroid dienone is 5. The highest BCUT2D eigenvalue weighted by atomic mass is 14.3. The first-order valence-corrected chi connectivity index (χ1v) is 6.96. The Morgan fingerprint density at radius 1 is 0.824 bits per heavy atom. The van der Waals surface area contributed by atoms with Crippen molar-refractivity contribution >= 4 is 0 Å². The third-order valence-electron chi connectivity index (χ3n) is 4.21. The maximum Gasteiger partial charge on any atom is -0.0157 e. The van der Waals surface area contributed by atoms with Gasteiger partial charge in [-0.05, 0) is 70.1 Å². The van der Waals surface area contributed by atoms with E-state index in [0.717, 1.165) is 5.92 Å². The molecule has 0 radical (unpaired) electrons. The monoisotopic (exact) mass is 232 g/mol. The average Bonchev–Trinajstić information content (AvgIpc) is 2.30. The van der Waals surface area contributed by atoms with Gasteiger partial charge in [0, 0.05) is 0 Å². The highest BCUT2D eigenvalue weighted by Crippen LogP contribution is 2.37. The predicted octanol–water partition coefficient (Wildman–Crippen LogP) is 5.82. The lowest BCUT2D eigenvalue weighted by Crippen LogP contribution is -2.12. The van der Waals surface area contributed by atoms with Crippen LogP contribution in [0, 0.1) is 5.92 Å². The van der Waals surface area contributed by atoms with E-state index in [1.807, 2.05) is 0 Å². The molecule has 0 atom stereocenters. The van der Waals surface area contributed by atoms with Crippen molar-refractivity contribution in [1.82, 2.24) is 0 Å². The van der Waals surface area contributed by atoms with Crippen molar-refractivity contribution < 1.29 is 0 Å². The van der Waals surface area contributed by atoms with Crippen LogP contribution in [0.5, 0.6) is 0 Å². The Balaban J connectivity index is 3.15. The van der Waals surface area contributed by atoms with Gasteiger partial charge in [0.25, 0.3) is 0 Å². The van der Waals surface area contributed by atoms with Gasteiger partial charge in [0.1, 0.15) is 0 Å². The quantitative estimate of drug-likeness (QED) is 0.538. The van der Waals surface area contributed by atoms with E-state index in [1.165, 1.54) is 54.4 Å². The number of hydrogen-bond donors (Lipinski definition) is 0. The summed E-state index contributed by atoms with van der Waals surface area (Å²) in [5.41, 5.74) is 7.20. The van der Waals surface area contributed by atoms with Crippen LogP contribution in [0.1, 0.15) is 66.7 Å².